The summed E-state index contributed by atoms with van der Waals surface area (Å²) < 4.78 is 10.3. The maximum Gasteiger partial charge on any atom is 0.336 e. The minimum Gasteiger partial charge on any atom is -0.493 e. The molecule has 0 aliphatic rings. The average molecular weight is 314 g/mol. The number of aliphatic carboxylic acids is 1. The van der Waals surface area contributed by atoms with Gasteiger partial charge in [0.15, 0.2) is 11.5 Å². The summed E-state index contributed by atoms with van der Waals surface area (Å²) in [4.78, 5) is 22.2. The van der Waals surface area contributed by atoms with Gasteiger partial charge in [0.05, 0.1) is 7.11 Å². The number of carbonyl (C=O) groups excluding carboxylic acids is 1. The fraction of sp³-hybridized carbons (Fsp3) is 0.111. The van der Waals surface area contributed by atoms with Crippen LogP contribution in [0.15, 0.2) is 60.7 Å². The molecule has 0 heterocycles. The van der Waals surface area contributed by atoms with Gasteiger partial charge in [-0.05, 0) is 30.7 Å². The highest BCUT2D eigenvalue weighted by molar-refractivity contribution is 5.86. The maximum absolute atomic E-state index is 11.7. The van der Waals surface area contributed by atoms with E-state index in [2.05, 4.69) is 0 Å². The zero-order valence-corrected chi connectivity index (χ0v) is 12.9. The summed E-state index contributed by atoms with van der Waals surface area (Å²) in [5, 5.41) is 8.61. The Bertz CT molecular complexity index is 666. The SMILES string of the molecule is C/C=C/C=C/C=C/C(=O)Oc1ccc(/C=C/C(=O)O)cc1OC. The first-order chi connectivity index (χ1) is 11.1. The lowest BCUT2D eigenvalue weighted by atomic mass is 10.2. The van der Waals surface area contributed by atoms with Crippen LogP contribution in [0, 0.1) is 0 Å². The third-order valence-corrected chi connectivity index (χ3v) is 2.57. The number of carboxylic acids is 1. The van der Waals surface area contributed by atoms with Crippen molar-refractivity contribution in [2.45, 2.75) is 6.92 Å². The molecule has 0 aromatic heterocycles. The molecule has 1 aromatic rings. The van der Waals surface area contributed by atoms with Gasteiger partial charge in [-0.3, -0.25) is 0 Å². The molecule has 120 valence electrons. The lowest BCUT2D eigenvalue weighted by Gasteiger charge is -2.08. The van der Waals surface area contributed by atoms with Crippen LogP contribution < -0.4 is 9.47 Å². The molecule has 0 atom stereocenters. The Kier molecular flexibility index (Phi) is 7.64. The van der Waals surface area contributed by atoms with Crippen molar-refractivity contribution < 1.29 is 24.2 Å². The number of carboxylic acid groups (broad SMARTS) is 1. The third kappa shape index (κ3) is 6.95. The molecule has 0 saturated carbocycles. The van der Waals surface area contributed by atoms with E-state index in [9.17, 15) is 9.59 Å². The number of hydrogen-bond acceptors (Lipinski definition) is 4. The fourth-order valence-electron chi connectivity index (χ4n) is 1.56. The van der Waals surface area contributed by atoms with Crippen LogP contribution in [0.4, 0.5) is 0 Å². The minimum absolute atomic E-state index is 0.257. The molecule has 5 heteroatoms. The molecular weight excluding hydrogens is 296 g/mol. The number of carbonyl (C=O) groups is 2. The summed E-state index contributed by atoms with van der Waals surface area (Å²) in [5.74, 6) is -0.992. The molecule has 0 aliphatic heterocycles. The quantitative estimate of drug-likeness (QED) is 0.361. The van der Waals surface area contributed by atoms with Crippen molar-refractivity contribution in [2.75, 3.05) is 7.11 Å². The summed E-state index contributed by atoms with van der Waals surface area (Å²) in [5.41, 5.74) is 0.619. The number of rotatable bonds is 7. The van der Waals surface area contributed by atoms with Crippen LogP contribution >= 0.6 is 0 Å². The highest BCUT2D eigenvalue weighted by atomic mass is 16.6. The Morgan fingerprint density at radius 2 is 1.78 bits per heavy atom. The standard InChI is InChI=1S/C18H18O5/c1-3-4-5-6-7-8-18(21)23-15-11-9-14(10-12-17(19)20)13-16(15)22-2/h3-13H,1-2H3,(H,19,20)/b4-3+,6-5+,8-7+,12-10+. The van der Waals surface area contributed by atoms with Gasteiger partial charge >= 0.3 is 11.9 Å². The highest BCUT2D eigenvalue weighted by Gasteiger charge is 2.08. The van der Waals surface area contributed by atoms with Gasteiger partial charge < -0.3 is 14.6 Å². The van der Waals surface area contributed by atoms with Gasteiger partial charge in [0.25, 0.3) is 0 Å². The third-order valence-electron chi connectivity index (χ3n) is 2.57. The predicted molar refractivity (Wildman–Crippen MR) is 88.4 cm³/mol. The first-order valence-electron chi connectivity index (χ1n) is 6.83. The predicted octanol–water partition coefficient (Wildman–Crippen LogP) is 3.39. The zero-order valence-electron chi connectivity index (χ0n) is 12.9. The number of ether oxygens (including phenoxy) is 2. The van der Waals surface area contributed by atoms with E-state index in [0.29, 0.717) is 11.3 Å². The molecule has 1 rings (SSSR count). The van der Waals surface area contributed by atoms with Crippen LogP contribution in [0.5, 0.6) is 11.5 Å². The maximum atomic E-state index is 11.7. The number of allylic oxidation sites excluding steroid dienone is 5. The monoisotopic (exact) mass is 314 g/mol. The van der Waals surface area contributed by atoms with E-state index in [1.165, 1.54) is 19.3 Å². The van der Waals surface area contributed by atoms with E-state index in [1.54, 1.807) is 36.4 Å². The largest absolute Gasteiger partial charge is 0.493 e. The van der Waals surface area contributed by atoms with Crippen LogP contribution in [-0.2, 0) is 9.59 Å². The molecule has 0 unspecified atom stereocenters. The van der Waals surface area contributed by atoms with Crippen molar-refractivity contribution in [3.63, 3.8) is 0 Å². The Hall–Kier alpha value is -3.08. The Balaban J connectivity index is 2.80. The lowest BCUT2D eigenvalue weighted by molar-refractivity contribution is -0.131. The Morgan fingerprint density at radius 1 is 1.04 bits per heavy atom. The molecule has 0 amide bonds. The van der Waals surface area contributed by atoms with Crippen molar-refractivity contribution in [3.8, 4) is 11.5 Å². The molecule has 0 spiro atoms. The van der Waals surface area contributed by atoms with Crippen molar-refractivity contribution in [1.29, 1.82) is 0 Å². The number of hydrogen-bond donors (Lipinski definition) is 1. The summed E-state index contributed by atoms with van der Waals surface area (Å²) in [6.07, 6.45) is 12.5. The van der Waals surface area contributed by atoms with Crippen LogP contribution in [0.2, 0.25) is 0 Å². The molecular formula is C18H18O5. The Morgan fingerprint density at radius 3 is 2.43 bits per heavy atom. The molecule has 1 aromatic carbocycles. The van der Waals surface area contributed by atoms with E-state index < -0.39 is 11.9 Å². The van der Waals surface area contributed by atoms with Crippen molar-refractivity contribution >= 4 is 18.0 Å². The van der Waals surface area contributed by atoms with Crippen molar-refractivity contribution in [3.05, 3.63) is 66.3 Å². The number of benzene rings is 1. The number of esters is 1. The van der Waals surface area contributed by atoms with Crippen LogP contribution in [0.25, 0.3) is 6.08 Å². The highest BCUT2D eigenvalue weighted by Crippen LogP contribution is 2.28. The van der Waals surface area contributed by atoms with Gasteiger partial charge in [-0.15, -0.1) is 0 Å². The minimum atomic E-state index is -1.05. The molecule has 0 aliphatic carbocycles. The van der Waals surface area contributed by atoms with E-state index in [1.807, 2.05) is 19.1 Å². The second kappa shape index (κ2) is 9.78. The molecule has 0 saturated heterocycles. The van der Waals surface area contributed by atoms with Gasteiger partial charge in [0, 0.05) is 12.2 Å². The van der Waals surface area contributed by atoms with Gasteiger partial charge in [-0.1, -0.05) is 36.4 Å². The van der Waals surface area contributed by atoms with Gasteiger partial charge in [-0.2, -0.15) is 0 Å². The zero-order chi connectivity index (χ0) is 17.1. The second-order valence-corrected chi connectivity index (χ2v) is 4.27. The number of methoxy groups -OCH3 is 1. The van der Waals surface area contributed by atoms with E-state index >= 15 is 0 Å². The van der Waals surface area contributed by atoms with Gasteiger partial charge in [-0.25, -0.2) is 9.59 Å². The summed E-state index contributed by atoms with van der Waals surface area (Å²) in [7, 11) is 1.44. The molecule has 0 fully saturated rings. The van der Waals surface area contributed by atoms with Crippen LogP contribution in [0.3, 0.4) is 0 Å². The first kappa shape index (κ1) is 18.0. The lowest BCUT2D eigenvalue weighted by Crippen LogP contribution is -2.05. The smallest absolute Gasteiger partial charge is 0.336 e. The normalized spacial score (nSPS) is 11.7. The van der Waals surface area contributed by atoms with E-state index in [0.717, 1.165) is 6.08 Å². The topological polar surface area (TPSA) is 72.8 Å². The summed E-state index contributed by atoms with van der Waals surface area (Å²) >= 11 is 0. The molecule has 0 bridgehead atoms. The second-order valence-electron chi connectivity index (χ2n) is 4.27. The molecule has 5 nitrogen and oxygen atoms in total. The van der Waals surface area contributed by atoms with Crippen LogP contribution in [-0.4, -0.2) is 24.2 Å². The van der Waals surface area contributed by atoms with Crippen LogP contribution in [0.1, 0.15) is 12.5 Å². The summed E-state index contributed by atoms with van der Waals surface area (Å²) in [6, 6.07) is 4.75. The Labute approximate surface area is 134 Å². The molecule has 1 N–H and O–H groups in total. The van der Waals surface area contributed by atoms with Gasteiger partial charge in [0.2, 0.25) is 0 Å². The van der Waals surface area contributed by atoms with Crippen molar-refractivity contribution in [1.82, 2.24) is 0 Å². The first-order valence-corrected chi connectivity index (χ1v) is 6.83. The molecule has 23 heavy (non-hydrogen) atoms. The van der Waals surface area contributed by atoms with Crippen molar-refractivity contribution in [2.24, 2.45) is 0 Å². The van der Waals surface area contributed by atoms with E-state index in [-0.39, 0.29) is 5.75 Å². The van der Waals surface area contributed by atoms with E-state index in [4.69, 9.17) is 14.6 Å². The summed E-state index contributed by atoms with van der Waals surface area (Å²) in [6.45, 7) is 1.89. The average Bonchev–Trinajstić information content (AvgIpc) is 2.53. The van der Waals surface area contributed by atoms with Gasteiger partial charge in [0.1, 0.15) is 0 Å². The fourth-order valence-corrected chi connectivity index (χ4v) is 1.56. The molecule has 0 radical (unpaired) electrons.